The van der Waals surface area contributed by atoms with Gasteiger partial charge in [0, 0.05) is 40.9 Å². The Morgan fingerprint density at radius 1 is 1.00 bits per heavy atom. The number of amides is 2. The number of anilines is 1. The van der Waals surface area contributed by atoms with E-state index in [1.54, 1.807) is 42.6 Å². The fourth-order valence-corrected chi connectivity index (χ4v) is 3.42. The Bertz CT molecular complexity index is 778. The first kappa shape index (κ1) is 18.9. The summed E-state index contributed by atoms with van der Waals surface area (Å²) >= 11 is 1.59. The van der Waals surface area contributed by atoms with Gasteiger partial charge in [0.15, 0.2) is 5.78 Å². The quantitative estimate of drug-likeness (QED) is 0.746. The van der Waals surface area contributed by atoms with Crippen molar-refractivity contribution < 1.29 is 14.4 Å². The van der Waals surface area contributed by atoms with Crippen molar-refractivity contribution in [1.29, 1.82) is 0 Å². The minimum Gasteiger partial charge on any atom is -0.359 e. The zero-order valence-electron chi connectivity index (χ0n) is 14.6. The number of thiophene rings is 1. The van der Waals surface area contributed by atoms with Crippen molar-refractivity contribution in [3.8, 4) is 0 Å². The Labute approximate surface area is 151 Å². The summed E-state index contributed by atoms with van der Waals surface area (Å²) in [6.45, 7) is 3.89. The van der Waals surface area contributed by atoms with Crippen molar-refractivity contribution in [2.75, 3.05) is 12.4 Å². The molecule has 25 heavy (non-hydrogen) atoms. The third-order valence-corrected chi connectivity index (χ3v) is 4.77. The van der Waals surface area contributed by atoms with E-state index in [4.69, 9.17) is 0 Å². The molecule has 0 bridgehead atoms. The molecular weight excluding hydrogens is 336 g/mol. The van der Waals surface area contributed by atoms with Gasteiger partial charge in [0.25, 0.3) is 0 Å². The summed E-state index contributed by atoms with van der Waals surface area (Å²) in [5, 5.41) is 5.34. The maximum atomic E-state index is 12.2. The molecule has 132 valence electrons. The van der Waals surface area contributed by atoms with Gasteiger partial charge in [0.1, 0.15) is 0 Å². The Morgan fingerprint density at radius 3 is 2.24 bits per heavy atom. The van der Waals surface area contributed by atoms with Crippen LogP contribution in [0.25, 0.3) is 0 Å². The predicted molar refractivity (Wildman–Crippen MR) is 100 cm³/mol. The van der Waals surface area contributed by atoms with Crippen LogP contribution in [0.15, 0.2) is 30.3 Å². The topological polar surface area (TPSA) is 75.3 Å². The lowest BCUT2D eigenvalue weighted by Crippen LogP contribution is -2.19. The molecule has 0 atom stereocenters. The average molecular weight is 358 g/mol. The zero-order chi connectivity index (χ0) is 18.4. The Morgan fingerprint density at radius 2 is 1.68 bits per heavy atom. The zero-order valence-corrected chi connectivity index (χ0v) is 15.5. The second-order valence-electron chi connectivity index (χ2n) is 5.85. The Kier molecular flexibility index (Phi) is 6.47. The smallest absolute Gasteiger partial charge is 0.224 e. The van der Waals surface area contributed by atoms with E-state index in [-0.39, 0.29) is 30.4 Å². The second-order valence-corrected chi connectivity index (χ2v) is 7.31. The van der Waals surface area contributed by atoms with Crippen molar-refractivity contribution in [3.05, 3.63) is 51.2 Å². The van der Waals surface area contributed by atoms with Gasteiger partial charge in [-0.25, -0.2) is 0 Å². The number of carbonyl (C=O) groups is 3. The lowest BCUT2D eigenvalue weighted by Gasteiger charge is -2.06. The molecule has 0 unspecified atom stereocenters. The summed E-state index contributed by atoms with van der Waals surface area (Å²) in [5.41, 5.74) is 2.24. The maximum Gasteiger partial charge on any atom is 0.224 e. The van der Waals surface area contributed by atoms with E-state index in [1.807, 2.05) is 19.9 Å². The van der Waals surface area contributed by atoms with Crippen molar-refractivity contribution in [3.63, 3.8) is 0 Å². The molecule has 5 nitrogen and oxygen atoms in total. The van der Waals surface area contributed by atoms with Crippen LogP contribution in [-0.4, -0.2) is 24.6 Å². The molecule has 2 amide bonds. The van der Waals surface area contributed by atoms with E-state index >= 15 is 0 Å². The maximum absolute atomic E-state index is 12.2. The van der Waals surface area contributed by atoms with Crippen LogP contribution in [-0.2, 0) is 16.0 Å². The first-order valence-corrected chi connectivity index (χ1v) is 8.90. The SMILES string of the molecule is CNC(=O)Cc1ccc(NC(=O)CCC(=O)c2cc(C)sc2C)cc1. The summed E-state index contributed by atoms with van der Waals surface area (Å²) in [6.07, 6.45) is 0.642. The van der Waals surface area contributed by atoms with Crippen LogP contribution in [0.3, 0.4) is 0 Å². The molecule has 0 aliphatic rings. The third-order valence-electron chi connectivity index (χ3n) is 3.80. The van der Waals surface area contributed by atoms with Gasteiger partial charge in [-0.15, -0.1) is 11.3 Å². The highest BCUT2D eigenvalue weighted by Gasteiger charge is 2.14. The lowest BCUT2D eigenvalue weighted by molar-refractivity contribution is -0.120. The molecule has 2 aromatic rings. The first-order valence-electron chi connectivity index (χ1n) is 8.08. The number of hydrogen-bond donors (Lipinski definition) is 2. The summed E-state index contributed by atoms with van der Waals surface area (Å²) in [6, 6.07) is 8.99. The summed E-state index contributed by atoms with van der Waals surface area (Å²) in [4.78, 5) is 37.6. The fourth-order valence-electron chi connectivity index (χ4n) is 2.47. The molecule has 0 radical (unpaired) electrons. The predicted octanol–water partition coefficient (Wildman–Crippen LogP) is 3.26. The van der Waals surface area contributed by atoms with Crippen LogP contribution in [0.5, 0.6) is 0 Å². The van der Waals surface area contributed by atoms with Gasteiger partial charge >= 0.3 is 0 Å². The highest BCUT2D eigenvalue weighted by atomic mass is 32.1. The van der Waals surface area contributed by atoms with Gasteiger partial charge in [0.05, 0.1) is 6.42 Å². The molecule has 1 aromatic carbocycles. The van der Waals surface area contributed by atoms with Gasteiger partial charge in [0.2, 0.25) is 11.8 Å². The molecule has 0 spiro atoms. The third kappa shape index (κ3) is 5.53. The fraction of sp³-hybridized carbons (Fsp3) is 0.316. The van der Waals surface area contributed by atoms with Crippen LogP contribution in [0.2, 0.25) is 0 Å². The molecule has 1 heterocycles. The lowest BCUT2D eigenvalue weighted by atomic mass is 10.1. The molecule has 0 aliphatic heterocycles. The number of benzene rings is 1. The van der Waals surface area contributed by atoms with Gasteiger partial charge in [-0.1, -0.05) is 12.1 Å². The Balaban J connectivity index is 1.84. The highest BCUT2D eigenvalue weighted by Crippen LogP contribution is 2.22. The minimum atomic E-state index is -0.197. The van der Waals surface area contributed by atoms with E-state index in [9.17, 15) is 14.4 Å². The molecule has 2 rings (SSSR count). The normalized spacial score (nSPS) is 10.4. The summed E-state index contributed by atoms with van der Waals surface area (Å²) in [7, 11) is 1.59. The number of Topliss-reactive ketones (excluding diaryl/α,β-unsaturated/α-hetero) is 1. The van der Waals surface area contributed by atoms with E-state index in [1.165, 1.54) is 0 Å². The van der Waals surface area contributed by atoms with E-state index < -0.39 is 0 Å². The van der Waals surface area contributed by atoms with Gasteiger partial charge in [-0.3, -0.25) is 14.4 Å². The molecule has 0 aliphatic carbocycles. The number of hydrogen-bond acceptors (Lipinski definition) is 4. The number of carbonyl (C=O) groups excluding carboxylic acids is 3. The molecule has 6 heteroatoms. The van der Waals surface area contributed by atoms with Crippen molar-refractivity contribution in [2.24, 2.45) is 0 Å². The molecular formula is C19H22N2O3S. The van der Waals surface area contributed by atoms with Crippen LogP contribution in [0, 0.1) is 13.8 Å². The summed E-state index contributed by atoms with van der Waals surface area (Å²) < 4.78 is 0. The van der Waals surface area contributed by atoms with Gasteiger partial charge < -0.3 is 10.6 Å². The highest BCUT2D eigenvalue weighted by molar-refractivity contribution is 7.12. The van der Waals surface area contributed by atoms with Crippen LogP contribution < -0.4 is 10.6 Å². The molecule has 0 saturated carbocycles. The second kappa shape index (κ2) is 8.58. The molecule has 1 aromatic heterocycles. The largest absolute Gasteiger partial charge is 0.359 e. The van der Waals surface area contributed by atoms with Gasteiger partial charge in [-0.05, 0) is 37.6 Å². The minimum absolute atomic E-state index is 0.00192. The van der Waals surface area contributed by atoms with Crippen molar-refractivity contribution >= 4 is 34.6 Å². The van der Waals surface area contributed by atoms with Crippen molar-refractivity contribution in [1.82, 2.24) is 5.32 Å². The van der Waals surface area contributed by atoms with E-state index in [2.05, 4.69) is 10.6 Å². The van der Waals surface area contributed by atoms with Crippen molar-refractivity contribution in [2.45, 2.75) is 33.1 Å². The van der Waals surface area contributed by atoms with Gasteiger partial charge in [-0.2, -0.15) is 0 Å². The number of rotatable bonds is 7. The molecule has 2 N–H and O–H groups in total. The average Bonchev–Trinajstić information content (AvgIpc) is 2.92. The van der Waals surface area contributed by atoms with Crippen LogP contribution in [0.1, 0.15) is 38.5 Å². The standard InChI is InChI=1S/C19H22N2O3S/c1-12-10-16(13(2)25-12)17(22)8-9-18(23)21-15-6-4-14(5-7-15)11-19(24)20-3/h4-7,10H,8-9,11H2,1-3H3,(H,20,24)(H,21,23). The first-order chi connectivity index (χ1) is 11.9. The Hall–Kier alpha value is -2.47. The number of aryl methyl sites for hydroxylation is 2. The number of likely N-dealkylation sites (N-methyl/N-ethyl adjacent to an activating group) is 1. The number of ketones is 1. The summed E-state index contributed by atoms with van der Waals surface area (Å²) in [5.74, 6) is -0.260. The van der Waals surface area contributed by atoms with Crippen LogP contribution in [0.4, 0.5) is 5.69 Å². The molecule has 0 fully saturated rings. The van der Waals surface area contributed by atoms with E-state index in [0.29, 0.717) is 17.7 Å². The van der Waals surface area contributed by atoms with Crippen LogP contribution >= 0.6 is 11.3 Å². The monoisotopic (exact) mass is 358 g/mol. The van der Waals surface area contributed by atoms with E-state index in [0.717, 1.165) is 15.3 Å². The molecule has 0 saturated heterocycles. The number of nitrogens with one attached hydrogen (secondary N) is 2.